The Hall–Kier alpha value is -1.71. The fourth-order valence-corrected chi connectivity index (χ4v) is 3.51. The molecule has 0 spiro atoms. The van der Waals surface area contributed by atoms with Crippen LogP contribution >= 0.6 is 36.0 Å². The first-order valence-electron chi connectivity index (χ1n) is 8.35. The predicted octanol–water partition coefficient (Wildman–Crippen LogP) is 3.74. The van der Waals surface area contributed by atoms with Gasteiger partial charge in [0.2, 0.25) is 0 Å². The van der Waals surface area contributed by atoms with Gasteiger partial charge in [0.25, 0.3) is 5.69 Å². The van der Waals surface area contributed by atoms with Crippen molar-refractivity contribution in [3.8, 4) is 0 Å². The van der Waals surface area contributed by atoms with E-state index in [2.05, 4.69) is 35.3 Å². The lowest BCUT2D eigenvalue weighted by atomic mass is 9.78. The van der Waals surface area contributed by atoms with Crippen LogP contribution < -0.4 is 21.5 Å². The molecule has 1 aliphatic carbocycles. The van der Waals surface area contributed by atoms with Crippen LogP contribution in [0.1, 0.15) is 33.1 Å². The number of hydrogen-bond acceptors (Lipinski definition) is 4. The molecule has 0 saturated heterocycles. The highest BCUT2D eigenvalue weighted by Gasteiger charge is 2.27. The van der Waals surface area contributed by atoms with Gasteiger partial charge in [0.05, 0.1) is 15.6 Å². The van der Waals surface area contributed by atoms with Gasteiger partial charge in [0.1, 0.15) is 0 Å². The zero-order chi connectivity index (χ0) is 19.3. The molecule has 0 bridgehead atoms. The minimum absolute atomic E-state index is 0.0785. The van der Waals surface area contributed by atoms with Crippen molar-refractivity contribution in [1.82, 2.24) is 16.2 Å². The van der Waals surface area contributed by atoms with Crippen molar-refractivity contribution in [3.63, 3.8) is 0 Å². The quantitative estimate of drug-likeness (QED) is 0.337. The van der Waals surface area contributed by atoms with Crippen LogP contribution in [0.15, 0.2) is 18.2 Å². The fraction of sp³-hybridized carbons (Fsp3) is 0.500. The molecule has 1 aliphatic rings. The SMILES string of the molecule is C[C@H]1[C@@H](NC(=S)NNC(=S)Nc2cc([N+](=O)[O-])ccc2Cl)CCC[C@@H]1C. The number of nitrogens with zero attached hydrogens (tertiary/aromatic N) is 1. The predicted molar refractivity (Wildman–Crippen MR) is 112 cm³/mol. The molecule has 7 nitrogen and oxygen atoms in total. The lowest BCUT2D eigenvalue weighted by Crippen LogP contribution is -2.53. The molecule has 142 valence electrons. The van der Waals surface area contributed by atoms with Gasteiger partial charge in [0, 0.05) is 18.2 Å². The molecule has 0 aromatic heterocycles. The molecule has 0 radical (unpaired) electrons. The molecule has 26 heavy (non-hydrogen) atoms. The molecule has 2 rings (SSSR count). The molecule has 0 amide bonds. The van der Waals surface area contributed by atoms with E-state index in [1.807, 2.05) is 0 Å². The molecule has 0 aliphatic heterocycles. The summed E-state index contributed by atoms with van der Waals surface area (Å²) >= 11 is 16.5. The second-order valence-corrected chi connectivity index (χ2v) is 7.70. The number of halogens is 1. The van der Waals surface area contributed by atoms with Crippen molar-refractivity contribution in [3.05, 3.63) is 33.3 Å². The zero-order valence-electron chi connectivity index (χ0n) is 14.5. The van der Waals surface area contributed by atoms with Crippen molar-refractivity contribution < 1.29 is 4.92 Å². The van der Waals surface area contributed by atoms with Crippen LogP contribution in [-0.4, -0.2) is 21.2 Å². The van der Waals surface area contributed by atoms with Gasteiger partial charge in [-0.05, 0) is 48.8 Å². The van der Waals surface area contributed by atoms with E-state index < -0.39 is 4.92 Å². The number of hydrogen-bond donors (Lipinski definition) is 4. The minimum atomic E-state index is -0.498. The Balaban J connectivity index is 1.84. The van der Waals surface area contributed by atoms with Crippen LogP contribution in [0.2, 0.25) is 5.02 Å². The van der Waals surface area contributed by atoms with Gasteiger partial charge in [-0.15, -0.1) is 0 Å². The lowest BCUT2D eigenvalue weighted by Gasteiger charge is -2.35. The van der Waals surface area contributed by atoms with E-state index >= 15 is 0 Å². The normalized spacial score (nSPS) is 22.2. The van der Waals surface area contributed by atoms with E-state index in [-0.39, 0.29) is 10.8 Å². The van der Waals surface area contributed by atoms with Gasteiger partial charge in [-0.25, -0.2) is 0 Å². The second kappa shape index (κ2) is 9.29. The number of rotatable bonds is 3. The van der Waals surface area contributed by atoms with E-state index in [0.29, 0.717) is 33.7 Å². The maximum Gasteiger partial charge on any atom is 0.271 e. The molecule has 3 atom stereocenters. The van der Waals surface area contributed by atoms with E-state index in [4.69, 9.17) is 36.0 Å². The number of nitro benzene ring substituents is 1. The summed E-state index contributed by atoms with van der Waals surface area (Å²) in [6.07, 6.45) is 3.51. The van der Waals surface area contributed by atoms with Gasteiger partial charge in [-0.3, -0.25) is 21.0 Å². The summed E-state index contributed by atoms with van der Waals surface area (Å²) in [6, 6.07) is 4.41. The second-order valence-electron chi connectivity index (χ2n) is 6.47. The van der Waals surface area contributed by atoms with Crippen molar-refractivity contribution in [1.29, 1.82) is 0 Å². The summed E-state index contributed by atoms with van der Waals surface area (Å²) < 4.78 is 0. The third kappa shape index (κ3) is 5.65. The van der Waals surface area contributed by atoms with Crippen LogP contribution in [-0.2, 0) is 0 Å². The fourth-order valence-electron chi connectivity index (χ4n) is 2.98. The molecular weight excluding hydrogens is 394 g/mol. The molecule has 1 aromatic carbocycles. The number of non-ortho nitro benzene ring substituents is 1. The Morgan fingerprint density at radius 1 is 1.23 bits per heavy atom. The van der Waals surface area contributed by atoms with Crippen molar-refractivity contribution in [2.45, 2.75) is 39.2 Å². The highest BCUT2D eigenvalue weighted by molar-refractivity contribution is 7.80. The van der Waals surface area contributed by atoms with Crippen molar-refractivity contribution in [2.24, 2.45) is 11.8 Å². The molecule has 1 fully saturated rings. The number of thiocarbonyl (C=S) groups is 2. The summed E-state index contributed by atoms with van der Waals surface area (Å²) in [7, 11) is 0. The maximum atomic E-state index is 10.9. The van der Waals surface area contributed by atoms with E-state index in [1.54, 1.807) is 0 Å². The Bertz CT molecular complexity index is 703. The van der Waals surface area contributed by atoms with Crippen LogP contribution in [0, 0.1) is 22.0 Å². The van der Waals surface area contributed by atoms with Gasteiger partial charge >= 0.3 is 0 Å². The number of nitro groups is 1. The van der Waals surface area contributed by atoms with Gasteiger partial charge in [-0.1, -0.05) is 38.3 Å². The first-order chi connectivity index (χ1) is 12.3. The Morgan fingerprint density at radius 2 is 1.92 bits per heavy atom. The van der Waals surface area contributed by atoms with Gasteiger partial charge in [-0.2, -0.15) is 0 Å². The van der Waals surface area contributed by atoms with Crippen molar-refractivity contribution >= 4 is 57.6 Å². The van der Waals surface area contributed by atoms with Crippen LogP contribution in [0.5, 0.6) is 0 Å². The molecule has 10 heteroatoms. The lowest BCUT2D eigenvalue weighted by molar-refractivity contribution is -0.384. The summed E-state index contributed by atoms with van der Waals surface area (Å²) in [4.78, 5) is 10.4. The standard InChI is InChI=1S/C16H22ClN5O2S2/c1-9-4-3-5-13(10(9)2)18-15(25)20-21-16(26)19-14-8-11(22(23)24)6-7-12(14)17/h6-10,13H,3-5H2,1-2H3,(H2,18,20,25)(H2,19,21,26)/t9-,10+,13-/m0/s1. The minimum Gasteiger partial charge on any atom is -0.358 e. The monoisotopic (exact) mass is 415 g/mol. The highest BCUT2D eigenvalue weighted by atomic mass is 35.5. The van der Waals surface area contributed by atoms with Crippen molar-refractivity contribution in [2.75, 3.05) is 5.32 Å². The summed E-state index contributed by atoms with van der Waals surface area (Å²) in [5.41, 5.74) is 5.86. The van der Waals surface area contributed by atoms with Gasteiger partial charge in [0.15, 0.2) is 10.2 Å². The van der Waals surface area contributed by atoms with Crippen LogP contribution in [0.25, 0.3) is 0 Å². The largest absolute Gasteiger partial charge is 0.358 e. The smallest absolute Gasteiger partial charge is 0.271 e. The molecule has 4 N–H and O–H groups in total. The number of hydrazine groups is 1. The van der Waals surface area contributed by atoms with E-state index in [1.165, 1.54) is 31.0 Å². The average Bonchev–Trinajstić information content (AvgIpc) is 2.59. The molecule has 1 aromatic rings. The third-order valence-corrected chi connectivity index (χ3v) is 5.48. The molecule has 1 saturated carbocycles. The third-order valence-electron chi connectivity index (χ3n) is 4.72. The summed E-state index contributed by atoms with van der Waals surface area (Å²) in [5.74, 6) is 1.20. The van der Waals surface area contributed by atoms with Crippen LogP contribution in [0.4, 0.5) is 11.4 Å². The van der Waals surface area contributed by atoms with Gasteiger partial charge < -0.3 is 10.6 Å². The molecule has 0 heterocycles. The molecular formula is C16H22ClN5O2S2. The first-order valence-corrected chi connectivity index (χ1v) is 9.55. The average molecular weight is 416 g/mol. The van der Waals surface area contributed by atoms with E-state index in [0.717, 1.165) is 6.42 Å². The number of anilines is 1. The zero-order valence-corrected chi connectivity index (χ0v) is 16.9. The summed E-state index contributed by atoms with van der Waals surface area (Å²) in [5, 5.41) is 17.9. The number of benzene rings is 1. The van der Waals surface area contributed by atoms with E-state index in [9.17, 15) is 10.1 Å². The topological polar surface area (TPSA) is 91.3 Å². The number of nitrogens with one attached hydrogen (secondary N) is 4. The maximum absolute atomic E-state index is 10.9. The molecule has 0 unspecified atom stereocenters. The Kier molecular flexibility index (Phi) is 7.36. The Morgan fingerprint density at radius 3 is 2.62 bits per heavy atom. The van der Waals surface area contributed by atoms with Crippen LogP contribution in [0.3, 0.4) is 0 Å². The highest BCUT2D eigenvalue weighted by Crippen LogP contribution is 2.29. The summed E-state index contributed by atoms with van der Waals surface area (Å²) in [6.45, 7) is 4.49. The Labute approximate surface area is 168 Å². The first kappa shape index (κ1) is 20.6.